The number of thiophene rings is 1. The van der Waals surface area contributed by atoms with Gasteiger partial charge in [-0.3, -0.25) is 10.2 Å². The van der Waals surface area contributed by atoms with Crippen LogP contribution in [0.25, 0.3) is 0 Å². The van der Waals surface area contributed by atoms with E-state index >= 15 is 0 Å². The van der Waals surface area contributed by atoms with Gasteiger partial charge < -0.3 is 15.8 Å². The lowest BCUT2D eigenvalue weighted by Gasteiger charge is -2.02. The molecule has 80 valence electrons. The van der Waals surface area contributed by atoms with Crippen LogP contribution in [0.5, 0.6) is 0 Å². The zero-order valence-corrected chi connectivity index (χ0v) is 8.98. The quantitative estimate of drug-likeness (QED) is 0.503. The summed E-state index contributed by atoms with van der Waals surface area (Å²) in [4.78, 5) is 22.5. The van der Waals surface area contributed by atoms with Crippen LogP contribution in [0.15, 0.2) is 6.07 Å². The molecule has 0 radical (unpaired) electrons. The van der Waals surface area contributed by atoms with Crippen molar-refractivity contribution in [2.45, 2.75) is 6.92 Å². The van der Waals surface area contributed by atoms with Crippen LogP contribution in [0, 0.1) is 12.3 Å². The van der Waals surface area contributed by atoms with Gasteiger partial charge in [-0.1, -0.05) is 0 Å². The molecule has 1 aromatic heterocycles. The molecule has 1 rings (SSSR count). The highest BCUT2D eigenvalue weighted by Crippen LogP contribution is 2.26. The third-order valence-corrected chi connectivity index (χ3v) is 2.77. The first-order valence-electron chi connectivity index (χ1n) is 4.23. The summed E-state index contributed by atoms with van der Waals surface area (Å²) >= 11 is 1.30. The second kappa shape index (κ2) is 4.70. The average molecular weight is 225 g/mol. The Morgan fingerprint density at radius 2 is 2.40 bits per heavy atom. The summed E-state index contributed by atoms with van der Waals surface area (Å²) in [7, 11) is 0. The Bertz CT molecular complexity index is 411. The van der Waals surface area contributed by atoms with E-state index in [1.165, 1.54) is 11.3 Å². The molecule has 1 heterocycles. The molecule has 0 fully saturated rings. The standard InChI is InChI=1S/C9H11N3O2S/c1-5-4-6(12-2-3-13)8(15-5)7(10)9(11)14/h3-4,10,12H,2H2,1H3,(H2,11,14). The lowest BCUT2D eigenvalue weighted by Crippen LogP contribution is -2.23. The van der Waals surface area contributed by atoms with Crippen LogP contribution in [0.4, 0.5) is 5.69 Å². The van der Waals surface area contributed by atoms with Crippen LogP contribution in [0.3, 0.4) is 0 Å². The first kappa shape index (κ1) is 11.4. The monoisotopic (exact) mass is 225 g/mol. The fraction of sp³-hybridized carbons (Fsp3) is 0.222. The number of aldehydes is 1. The molecule has 0 aliphatic rings. The van der Waals surface area contributed by atoms with E-state index in [4.69, 9.17) is 11.1 Å². The summed E-state index contributed by atoms with van der Waals surface area (Å²) in [6.07, 6.45) is 0.713. The van der Waals surface area contributed by atoms with Crippen molar-refractivity contribution >= 4 is 34.9 Å². The molecule has 15 heavy (non-hydrogen) atoms. The molecule has 0 aromatic carbocycles. The van der Waals surface area contributed by atoms with Crippen LogP contribution in [0.1, 0.15) is 9.75 Å². The molecular weight excluding hydrogens is 214 g/mol. The lowest BCUT2D eigenvalue weighted by atomic mass is 10.2. The Morgan fingerprint density at radius 3 is 2.93 bits per heavy atom. The number of primary amides is 1. The summed E-state index contributed by atoms with van der Waals surface area (Å²) in [5.41, 5.74) is 5.39. The van der Waals surface area contributed by atoms with E-state index in [-0.39, 0.29) is 12.3 Å². The molecule has 0 bridgehead atoms. The van der Waals surface area contributed by atoms with Crippen molar-refractivity contribution < 1.29 is 9.59 Å². The summed E-state index contributed by atoms with van der Waals surface area (Å²) in [5.74, 6) is -0.772. The van der Waals surface area contributed by atoms with Gasteiger partial charge in [0, 0.05) is 4.88 Å². The van der Waals surface area contributed by atoms with Crippen molar-refractivity contribution in [3.05, 3.63) is 15.8 Å². The minimum absolute atomic E-state index is 0.148. The van der Waals surface area contributed by atoms with Crippen LogP contribution in [-0.4, -0.2) is 24.4 Å². The first-order chi connectivity index (χ1) is 7.06. The molecule has 0 aliphatic heterocycles. The van der Waals surface area contributed by atoms with Crippen molar-refractivity contribution in [2.75, 3.05) is 11.9 Å². The zero-order chi connectivity index (χ0) is 11.4. The van der Waals surface area contributed by atoms with Gasteiger partial charge in [-0.15, -0.1) is 11.3 Å². The molecule has 6 heteroatoms. The van der Waals surface area contributed by atoms with Gasteiger partial charge in [-0.05, 0) is 13.0 Å². The maximum absolute atomic E-state index is 10.8. The summed E-state index contributed by atoms with van der Waals surface area (Å²) in [5, 5.41) is 10.3. The third kappa shape index (κ3) is 2.63. The van der Waals surface area contributed by atoms with Gasteiger partial charge in [0.1, 0.15) is 12.0 Å². The van der Waals surface area contributed by atoms with Gasteiger partial charge in [0.05, 0.1) is 17.1 Å². The van der Waals surface area contributed by atoms with Crippen LogP contribution >= 0.6 is 11.3 Å². The Morgan fingerprint density at radius 1 is 1.73 bits per heavy atom. The number of aryl methyl sites for hydroxylation is 1. The molecule has 0 atom stereocenters. The highest BCUT2D eigenvalue weighted by molar-refractivity contribution is 7.15. The van der Waals surface area contributed by atoms with E-state index in [0.29, 0.717) is 16.9 Å². The van der Waals surface area contributed by atoms with Crippen LogP contribution in [0.2, 0.25) is 0 Å². The van der Waals surface area contributed by atoms with Crippen LogP contribution < -0.4 is 11.1 Å². The third-order valence-electron chi connectivity index (χ3n) is 1.70. The normalized spacial score (nSPS) is 9.67. The first-order valence-corrected chi connectivity index (χ1v) is 5.04. The van der Waals surface area contributed by atoms with Gasteiger partial charge in [-0.2, -0.15) is 0 Å². The predicted molar refractivity (Wildman–Crippen MR) is 59.6 cm³/mol. The van der Waals surface area contributed by atoms with E-state index in [0.717, 1.165) is 4.88 Å². The number of carbonyl (C=O) groups excluding carboxylic acids is 2. The highest BCUT2D eigenvalue weighted by atomic mass is 32.1. The topological polar surface area (TPSA) is 96.0 Å². The Hall–Kier alpha value is -1.69. The zero-order valence-electron chi connectivity index (χ0n) is 8.16. The van der Waals surface area contributed by atoms with Gasteiger partial charge >= 0.3 is 0 Å². The Labute approximate surface area is 90.8 Å². The number of carbonyl (C=O) groups is 2. The molecule has 0 saturated heterocycles. The van der Waals surface area contributed by atoms with E-state index < -0.39 is 5.91 Å². The summed E-state index contributed by atoms with van der Waals surface area (Å²) < 4.78 is 0. The van der Waals surface area contributed by atoms with Gasteiger partial charge in [0.2, 0.25) is 0 Å². The second-order valence-corrected chi connectivity index (χ2v) is 4.14. The number of amides is 1. The summed E-state index contributed by atoms with van der Waals surface area (Å²) in [6, 6.07) is 1.78. The Balaban J connectivity index is 3.00. The summed E-state index contributed by atoms with van der Waals surface area (Å²) in [6.45, 7) is 2.00. The molecule has 4 N–H and O–H groups in total. The number of nitrogens with one attached hydrogen (secondary N) is 2. The number of nitrogens with two attached hydrogens (primary N) is 1. The molecule has 0 unspecified atom stereocenters. The number of anilines is 1. The van der Waals surface area contributed by atoms with Crippen molar-refractivity contribution in [3.63, 3.8) is 0 Å². The van der Waals surface area contributed by atoms with E-state index in [2.05, 4.69) is 5.32 Å². The number of rotatable bonds is 5. The average Bonchev–Trinajstić information content (AvgIpc) is 2.55. The van der Waals surface area contributed by atoms with Crippen molar-refractivity contribution in [2.24, 2.45) is 5.73 Å². The van der Waals surface area contributed by atoms with Crippen molar-refractivity contribution in [1.29, 1.82) is 5.41 Å². The van der Waals surface area contributed by atoms with Crippen LogP contribution in [-0.2, 0) is 9.59 Å². The van der Waals surface area contributed by atoms with Gasteiger partial charge in [0.15, 0.2) is 0 Å². The number of hydrogen-bond acceptors (Lipinski definition) is 5. The Kier molecular flexibility index (Phi) is 3.56. The minimum Gasteiger partial charge on any atom is -0.377 e. The molecule has 0 saturated carbocycles. The van der Waals surface area contributed by atoms with E-state index in [1.807, 2.05) is 6.92 Å². The number of hydrogen-bond donors (Lipinski definition) is 3. The van der Waals surface area contributed by atoms with E-state index in [1.54, 1.807) is 6.07 Å². The molecule has 1 amide bonds. The SMILES string of the molecule is Cc1cc(NCC=O)c(C(=N)C(N)=O)s1. The largest absolute Gasteiger partial charge is 0.377 e. The predicted octanol–water partition coefficient (Wildman–Crippen LogP) is 0.520. The molecular formula is C9H11N3O2S. The van der Waals surface area contributed by atoms with Crippen molar-refractivity contribution in [1.82, 2.24) is 0 Å². The maximum atomic E-state index is 10.8. The maximum Gasteiger partial charge on any atom is 0.268 e. The second-order valence-electron chi connectivity index (χ2n) is 2.89. The van der Waals surface area contributed by atoms with E-state index in [9.17, 15) is 9.59 Å². The highest BCUT2D eigenvalue weighted by Gasteiger charge is 2.15. The minimum atomic E-state index is -0.772. The fourth-order valence-electron chi connectivity index (χ4n) is 1.09. The smallest absolute Gasteiger partial charge is 0.268 e. The lowest BCUT2D eigenvalue weighted by molar-refractivity contribution is -0.112. The molecule has 0 spiro atoms. The van der Waals surface area contributed by atoms with Gasteiger partial charge in [-0.25, -0.2) is 0 Å². The van der Waals surface area contributed by atoms with Gasteiger partial charge in [0.25, 0.3) is 5.91 Å². The molecule has 0 aliphatic carbocycles. The molecule has 1 aromatic rings. The van der Waals surface area contributed by atoms with Crippen molar-refractivity contribution in [3.8, 4) is 0 Å². The molecule has 5 nitrogen and oxygen atoms in total. The fourth-order valence-corrected chi connectivity index (χ4v) is 2.04.